The Morgan fingerprint density at radius 1 is 0.875 bits per heavy atom. The molecule has 0 unspecified atom stereocenters. The van der Waals surface area contributed by atoms with Gasteiger partial charge in [-0.25, -0.2) is 4.39 Å². The van der Waals surface area contributed by atoms with E-state index in [9.17, 15) is 4.39 Å². The average molecular weight is 319 g/mol. The van der Waals surface area contributed by atoms with Gasteiger partial charge in [0.15, 0.2) is 0 Å². The molecule has 3 aromatic rings. The summed E-state index contributed by atoms with van der Waals surface area (Å²) in [6.07, 6.45) is 0.679. The zero-order valence-corrected chi connectivity index (χ0v) is 13.4. The maximum Gasteiger partial charge on any atom is 0.123 e. The molecule has 0 heterocycles. The Bertz CT molecular complexity index is 809. The molecule has 24 heavy (non-hydrogen) atoms. The van der Waals surface area contributed by atoms with E-state index in [1.165, 1.54) is 12.1 Å². The van der Waals surface area contributed by atoms with Crippen molar-refractivity contribution in [1.29, 1.82) is 0 Å². The largest absolute Gasteiger partial charge is 0.497 e. The van der Waals surface area contributed by atoms with Crippen molar-refractivity contribution < 1.29 is 9.13 Å². The van der Waals surface area contributed by atoms with E-state index in [0.29, 0.717) is 6.42 Å². The summed E-state index contributed by atoms with van der Waals surface area (Å²) in [4.78, 5) is 4.77. The van der Waals surface area contributed by atoms with Crippen LogP contribution in [0, 0.1) is 5.82 Å². The number of hydrogen-bond acceptors (Lipinski definition) is 2. The van der Waals surface area contributed by atoms with Crippen molar-refractivity contribution >= 4 is 11.4 Å². The van der Waals surface area contributed by atoms with Crippen molar-refractivity contribution in [3.05, 3.63) is 95.8 Å². The van der Waals surface area contributed by atoms with E-state index in [4.69, 9.17) is 9.73 Å². The number of aliphatic imine (C=N–C) groups is 1. The van der Waals surface area contributed by atoms with E-state index in [0.717, 1.165) is 28.3 Å². The minimum atomic E-state index is -0.248. The molecular formula is C21H18FNO. The monoisotopic (exact) mass is 319 g/mol. The van der Waals surface area contributed by atoms with Crippen molar-refractivity contribution in [2.45, 2.75) is 6.42 Å². The summed E-state index contributed by atoms with van der Waals surface area (Å²) in [7, 11) is 1.64. The second-order valence-electron chi connectivity index (χ2n) is 5.43. The lowest BCUT2D eigenvalue weighted by Gasteiger charge is -2.08. The van der Waals surface area contributed by atoms with E-state index < -0.39 is 0 Å². The molecule has 0 aliphatic rings. The molecule has 0 amide bonds. The first kappa shape index (κ1) is 15.9. The van der Waals surface area contributed by atoms with Gasteiger partial charge in [0, 0.05) is 6.42 Å². The lowest BCUT2D eigenvalue weighted by molar-refractivity contribution is 0.415. The Balaban J connectivity index is 1.96. The third-order valence-corrected chi connectivity index (χ3v) is 3.73. The second kappa shape index (κ2) is 7.55. The number of nitrogens with zero attached hydrogens (tertiary/aromatic N) is 1. The summed E-state index contributed by atoms with van der Waals surface area (Å²) in [6, 6.07) is 24.2. The quantitative estimate of drug-likeness (QED) is 0.592. The third-order valence-electron chi connectivity index (χ3n) is 3.73. The van der Waals surface area contributed by atoms with Gasteiger partial charge in [0.05, 0.1) is 18.5 Å². The van der Waals surface area contributed by atoms with Crippen LogP contribution in [0.25, 0.3) is 0 Å². The molecule has 120 valence electrons. The molecule has 2 nitrogen and oxygen atoms in total. The van der Waals surface area contributed by atoms with Gasteiger partial charge in [-0.3, -0.25) is 4.99 Å². The van der Waals surface area contributed by atoms with E-state index in [1.54, 1.807) is 19.2 Å². The summed E-state index contributed by atoms with van der Waals surface area (Å²) in [5.41, 5.74) is 3.81. The molecule has 0 spiro atoms. The van der Waals surface area contributed by atoms with Crippen LogP contribution < -0.4 is 4.74 Å². The SMILES string of the molecule is COc1ccc(N=C(Cc2ccccc2)c2ccc(F)cc2)cc1. The Hall–Kier alpha value is -2.94. The smallest absolute Gasteiger partial charge is 0.123 e. The first-order valence-electron chi connectivity index (χ1n) is 7.76. The van der Waals surface area contributed by atoms with E-state index in [1.807, 2.05) is 42.5 Å². The fourth-order valence-electron chi connectivity index (χ4n) is 2.45. The first-order valence-corrected chi connectivity index (χ1v) is 7.76. The molecule has 0 saturated carbocycles. The predicted molar refractivity (Wildman–Crippen MR) is 95.7 cm³/mol. The minimum absolute atomic E-state index is 0.248. The number of halogens is 1. The van der Waals surface area contributed by atoms with Crippen molar-refractivity contribution in [2.24, 2.45) is 4.99 Å². The molecule has 0 atom stereocenters. The van der Waals surface area contributed by atoms with Crippen LogP contribution in [0.1, 0.15) is 11.1 Å². The van der Waals surface area contributed by atoms with Gasteiger partial charge in [0.2, 0.25) is 0 Å². The molecule has 3 aromatic carbocycles. The van der Waals surface area contributed by atoms with E-state index >= 15 is 0 Å². The van der Waals surface area contributed by atoms with Crippen molar-refractivity contribution in [3.63, 3.8) is 0 Å². The normalized spacial score (nSPS) is 11.3. The molecule has 0 aromatic heterocycles. The van der Waals surface area contributed by atoms with Gasteiger partial charge in [0.1, 0.15) is 11.6 Å². The molecule has 0 aliphatic carbocycles. The maximum atomic E-state index is 13.2. The highest BCUT2D eigenvalue weighted by Crippen LogP contribution is 2.20. The fourth-order valence-corrected chi connectivity index (χ4v) is 2.45. The summed E-state index contributed by atoms with van der Waals surface area (Å²) < 4.78 is 18.4. The second-order valence-corrected chi connectivity index (χ2v) is 5.43. The fraction of sp³-hybridized carbons (Fsp3) is 0.0952. The van der Waals surface area contributed by atoms with E-state index in [-0.39, 0.29) is 5.82 Å². The van der Waals surface area contributed by atoms with Crippen LogP contribution >= 0.6 is 0 Å². The molecule has 0 bridgehead atoms. The van der Waals surface area contributed by atoms with Crippen molar-refractivity contribution in [3.8, 4) is 5.75 Å². The number of ether oxygens (including phenoxy) is 1. The first-order chi connectivity index (χ1) is 11.7. The molecular weight excluding hydrogens is 301 g/mol. The number of benzene rings is 3. The summed E-state index contributed by atoms with van der Waals surface area (Å²) in [5.74, 6) is 0.544. The third kappa shape index (κ3) is 4.07. The Morgan fingerprint density at radius 2 is 1.54 bits per heavy atom. The lowest BCUT2D eigenvalue weighted by atomic mass is 10.0. The van der Waals surface area contributed by atoms with Gasteiger partial charge in [-0.05, 0) is 47.5 Å². The van der Waals surface area contributed by atoms with Crippen LogP contribution in [0.4, 0.5) is 10.1 Å². The maximum absolute atomic E-state index is 13.2. The van der Waals surface area contributed by atoms with Crippen LogP contribution in [-0.4, -0.2) is 12.8 Å². The molecule has 0 aliphatic heterocycles. The summed E-state index contributed by atoms with van der Waals surface area (Å²) in [6.45, 7) is 0. The molecule has 0 N–H and O–H groups in total. The predicted octanol–water partition coefficient (Wildman–Crippen LogP) is 5.20. The summed E-state index contributed by atoms with van der Waals surface area (Å²) in [5, 5.41) is 0. The zero-order chi connectivity index (χ0) is 16.8. The van der Waals surface area contributed by atoms with Crippen molar-refractivity contribution in [1.82, 2.24) is 0 Å². The van der Waals surface area contributed by atoms with Crippen LogP contribution in [0.5, 0.6) is 5.75 Å². The highest BCUT2D eigenvalue weighted by molar-refractivity contribution is 6.03. The van der Waals surface area contributed by atoms with E-state index in [2.05, 4.69) is 12.1 Å². The van der Waals surface area contributed by atoms with Gasteiger partial charge >= 0.3 is 0 Å². The van der Waals surface area contributed by atoms with Crippen molar-refractivity contribution in [2.75, 3.05) is 7.11 Å². The van der Waals surface area contributed by atoms with Gasteiger partial charge in [-0.2, -0.15) is 0 Å². The van der Waals surface area contributed by atoms with Crippen LogP contribution in [0.2, 0.25) is 0 Å². The van der Waals surface area contributed by atoms with Gasteiger partial charge in [-0.1, -0.05) is 42.5 Å². The topological polar surface area (TPSA) is 21.6 Å². The number of rotatable bonds is 5. The Labute approximate surface area is 141 Å². The van der Waals surface area contributed by atoms with Gasteiger partial charge in [0.25, 0.3) is 0 Å². The molecule has 3 heteroatoms. The highest BCUT2D eigenvalue weighted by Gasteiger charge is 2.06. The van der Waals surface area contributed by atoms with Gasteiger partial charge in [-0.15, -0.1) is 0 Å². The van der Waals surface area contributed by atoms with Crippen LogP contribution in [0.15, 0.2) is 83.9 Å². The number of hydrogen-bond donors (Lipinski definition) is 0. The molecule has 3 rings (SSSR count). The highest BCUT2D eigenvalue weighted by atomic mass is 19.1. The van der Waals surface area contributed by atoms with Crippen LogP contribution in [-0.2, 0) is 6.42 Å². The number of methoxy groups -OCH3 is 1. The molecule has 0 fully saturated rings. The zero-order valence-electron chi connectivity index (χ0n) is 13.4. The Kier molecular flexibility index (Phi) is 5.02. The average Bonchev–Trinajstić information content (AvgIpc) is 2.63. The summed E-state index contributed by atoms with van der Waals surface area (Å²) >= 11 is 0. The standard InChI is InChI=1S/C21H18FNO/c1-24-20-13-11-19(12-14-20)23-21(15-16-5-3-2-4-6-16)17-7-9-18(22)10-8-17/h2-14H,15H2,1H3. The van der Waals surface area contributed by atoms with Gasteiger partial charge < -0.3 is 4.74 Å². The molecule has 0 radical (unpaired) electrons. The Morgan fingerprint density at radius 3 is 2.17 bits per heavy atom. The minimum Gasteiger partial charge on any atom is -0.497 e. The van der Waals surface area contributed by atoms with Crippen LogP contribution in [0.3, 0.4) is 0 Å². The molecule has 0 saturated heterocycles. The lowest BCUT2D eigenvalue weighted by Crippen LogP contribution is -2.05.